The Morgan fingerprint density at radius 2 is 1.75 bits per heavy atom. The van der Waals surface area contributed by atoms with Crippen molar-refractivity contribution in [3.05, 3.63) is 0 Å². The van der Waals surface area contributed by atoms with Gasteiger partial charge in [0.25, 0.3) is 0 Å². The lowest BCUT2D eigenvalue weighted by molar-refractivity contribution is 0.214. The van der Waals surface area contributed by atoms with Crippen LogP contribution in [0.15, 0.2) is 0 Å². The van der Waals surface area contributed by atoms with Crippen molar-refractivity contribution >= 4 is 0 Å². The molecular weight excluding hydrogens is 150 g/mol. The summed E-state index contributed by atoms with van der Waals surface area (Å²) in [5, 5.41) is 12.4. The Morgan fingerprint density at radius 1 is 1.17 bits per heavy atom. The molecule has 2 N–H and O–H groups in total. The molecule has 0 aromatic carbocycles. The Labute approximate surface area is 76.4 Å². The zero-order chi connectivity index (χ0) is 9.56. The summed E-state index contributed by atoms with van der Waals surface area (Å²) in [5.41, 5.74) is 0. The SMILES string of the molecule is CC[C@@H](CO)N[C@H](CC)C(C)C. The van der Waals surface area contributed by atoms with E-state index in [-0.39, 0.29) is 12.6 Å². The second-order valence-corrected chi connectivity index (χ2v) is 3.71. The number of rotatable bonds is 6. The molecule has 0 saturated carbocycles. The molecule has 74 valence electrons. The minimum Gasteiger partial charge on any atom is -0.395 e. The van der Waals surface area contributed by atoms with Crippen molar-refractivity contribution in [3.8, 4) is 0 Å². The average molecular weight is 173 g/mol. The van der Waals surface area contributed by atoms with Crippen LogP contribution in [0, 0.1) is 5.92 Å². The van der Waals surface area contributed by atoms with Gasteiger partial charge in [0.2, 0.25) is 0 Å². The highest BCUT2D eigenvalue weighted by molar-refractivity contribution is 4.74. The molecule has 0 unspecified atom stereocenters. The molecule has 0 fully saturated rings. The molecule has 0 amide bonds. The van der Waals surface area contributed by atoms with E-state index in [0.29, 0.717) is 12.0 Å². The third kappa shape index (κ3) is 4.07. The second-order valence-electron chi connectivity index (χ2n) is 3.71. The number of hydrogen-bond acceptors (Lipinski definition) is 2. The first-order chi connectivity index (χ1) is 5.65. The molecule has 0 saturated heterocycles. The number of aliphatic hydroxyl groups excluding tert-OH is 1. The van der Waals surface area contributed by atoms with Gasteiger partial charge >= 0.3 is 0 Å². The van der Waals surface area contributed by atoms with Crippen molar-refractivity contribution in [3.63, 3.8) is 0 Å². The molecule has 2 heteroatoms. The van der Waals surface area contributed by atoms with Gasteiger partial charge in [-0.15, -0.1) is 0 Å². The van der Waals surface area contributed by atoms with Crippen LogP contribution in [-0.4, -0.2) is 23.8 Å². The van der Waals surface area contributed by atoms with Gasteiger partial charge in [-0.05, 0) is 18.8 Å². The van der Waals surface area contributed by atoms with Crippen molar-refractivity contribution < 1.29 is 5.11 Å². The van der Waals surface area contributed by atoms with Crippen LogP contribution >= 0.6 is 0 Å². The molecule has 2 nitrogen and oxygen atoms in total. The monoisotopic (exact) mass is 173 g/mol. The van der Waals surface area contributed by atoms with Crippen molar-refractivity contribution in [2.45, 2.75) is 52.6 Å². The third-order valence-corrected chi connectivity index (χ3v) is 2.41. The molecule has 0 spiro atoms. The fourth-order valence-corrected chi connectivity index (χ4v) is 1.38. The molecule has 12 heavy (non-hydrogen) atoms. The predicted octanol–water partition coefficient (Wildman–Crippen LogP) is 1.78. The molecule has 0 radical (unpaired) electrons. The van der Waals surface area contributed by atoms with Crippen molar-refractivity contribution in [1.29, 1.82) is 0 Å². The van der Waals surface area contributed by atoms with Gasteiger partial charge in [0.15, 0.2) is 0 Å². The molecule has 0 aliphatic rings. The van der Waals surface area contributed by atoms with Crippen LogP contribution in [0.4, 0.5) is 0 Å². The van der Waals surface area contributed by atoms with E-state index in [1.807, 2.05) is 0 Å². The topological polar surface area (TPSA) is 32.3 Å². The van der Waals surface area contributed by atoms with Gasteiger partial charge in [-0.3, -0.25) is 0 Å². The molecule has 0 aliphatic heterocycles. The first-order valence-electron chi connectivity index (χ1n) is 5.02. The van der Waals surface area contributed by atoms with E-state index in [1.54, 1.807) is 0 Å². The Balaban J connectivity index is 3.82. The van der Waals surface area contributed by atoms with Gasteiger partial charge in [0.1, 0.15) is 0 Å². The van der Waals surface area contributed by atoms with Gasteiger partial charge in [-0.25, -0.2) is 0 Å². The minimum absolute atomic E-state index is 0.250. The standard InChI is InChI=1S/C10H23NO/c1-5-9(7-12)11-10(6-2)8(3)4/h8-12H,5-7H2,1-4H3/t9-,10+/m0/s1. The molecule has 0 bridgehead atoms. The predicted molar refractivity (Wildman–Crippen MR) is 53.2 cm³/mol. The number of aliphatic hydroxyl groups is 1. The maximum Gasteiger partial charge on any atom is 0.0584 e. The van der Waals surface area contributed by atoms with Gasteiger partial charge in [-0.2, -0.15) is 0 Å². The summed E-state index contributed by atoms with van der Waals surface area (Å²) < 4.78 is 0. The van der Waals surface area contributed by atoms with E-state index >= 15 is 0 Å². The second kappa shape index (κ2) is 6.44. The zero-order valence-electron chi connectivity index (χ0n) is 8.80. The van der Waals surface area contributed by atoms with Gasteiger partial charge in [0.05, 0.1) is 6.61 Å². The fraction of sp³-hybridized carbons (Fsp3) is 1.00. The van der Waals surface area contributed by atoms with Crippen LogP contribution in [0.3, 0.4) is 0 Å². The number of hydrogen-bond donors (Lipinski definition) is 2. The van der Waals surface area contributed by atoms with Crippen LogP contribution in [0.25, 0.3) is 0 Å². The van der Waals surface area contributed by atoms with E-state index in [1.165, 1.54) is 0 Å². The van der Waals surface area contributed by atoms with Crippen molar-refractivity contribution in [1.82, 2.24) is 5.32 Å². The molecule has 0 rings (SSSR count). The Morgan fingerprint density at radius 3 is 2.00 bits per heavy atom. The maximum atomic E-state index is 8.99. The first-order valence-corrected chi connectivity index (χ1v) is 5.02. The molecule has 0 aromatic heterocycles. The van der Waals surface area contributed by atoms with Gasteiger partial charge < -0.3 is 10.4 Å². The number of nitrogens with one attached hydrogen (secondary N) is 1. The Bertz CT molecular complexity index is 100. The van der Waals surface area contributed by atoms with Gasteiger partial charge in [0, 0.05) is 12.1 Å². The lowest BCUT2D eigenvalue weighted by atomic mass is 10.0. The lowest BCUT2D eigenvalue weighted by Crippen LogP contribution is -2.42. The Kier molecular flexibility index (Phi) is 6.39. The van der Waals surface area contributed by atoms with E-state index in [9.17, 15) is 0 Å². The van der Waals surface area contributed by atoms with E-state index in [2.05, 4.69) is 33.0 Å². The molecule has 0 aromatic rings. The van der Waals surface area contributed by atoms with Crippen LogP contribution in [0.2, 0.25) is 0 Å². The molecule has 0 heterocycles. The summed E-state index contributed by atoms with van der Waals surface area (Å²) in [5.74, 6) is 0.649. The van der Waals surface area contributed by atoms with Crippen molar-refractivity contribution in [2.24, 2.45) is 5.92 Å². The van der Waals surface area contributed by atoms with Crippen LogP contribution in [0.1, 0.15) is 40.5 Å². The van der Waals surface area contributed by atoms with Gasteiger partial charge in [-0.1, -0.05) is 27.7 Å². The summed E-state index contributed by atoms with van der Waals surface area (Å²) >= 11 is 0. The highest BCUT2D eigenvalue weighted by Crippen LogP contribution is 2.07. The average Bonchev–Trinajstić information content (AvgIpc) is 2.06. The quantitative estimate of drug-likeness (QED) is 0.641. The smallest absolute Gasteiger partial charge is 0.0584 e. The summed E-state index contributed by atoms with van der Waals surface area (Å²) in [6.45, 7) is 8.96. The van der Waals surface area contributed by atoms with Crippen LogP contribution in [-0.2, 0) is 0 Å². The van der Waals surface area contributed by atoms with Crippen LogP contribution in [0.5, 0.6) is 0 Å². The van der Waals surface area contributed by atoms with E-state index in [0.717, 1.165) is 12.8 Å². The van der Waals surface area contributed by atoms with E-state index in [4.69, 9.17) is 5.11 Å². The normalized spacial score (nSPS) is 16.5. The highest BCUT2D eigenvalue weighted by atomic mass is 16.3. The fourth-order valence-electron chi connectivity index (χ4n) is 1.38. The summed E-state index contributed by atoms with van der Waals surface area (Å²) in [6, 6.07) is 0.819. The summed E-state index contributed by atoms with van der Waals surface area (Å²) in [4.78, 5) is 0. The maximum absolute atomic E-state index is 8.99. The zero-order valence-corrected chi connectivity index (χ0v) is 8.80. The largest absolute Gasteiger partial charge is 0.395 e. The molecular formula is C10H23NO. The highest BCUT2D eigenvalue weighted by Gasteiger charge is 2.14. The Hall–Kier alpha value is -0.0800. The summed E-state index contributed by atoms with van der Waals surface area (Å²) in [6.07, 6.45) is 2.13. The van der Waals surface area contributed by atoms with E-state index < -0.39 is 0 Å². The lowest BCUT2D eigenvalue weighted by Gasteiger charge is -2.25. The third-order valence-electron chi connectivity index (χ3n) is 2.41. The van der Waals surface area contributed by atoms with Crippen LogP contribution < -0.4 is 5.32 Å². The first kappa shape index (κ1) is 11.9. The minimum atomic E-state index is 0.250. The van der Waals surface area contributed by atoms with Crippen molar-refractivity contribution in [2.75, 3.05) is 6.61 Å². The molecule has 0 aliphatic carbocycles. The molecule has 2 atom stereocenters. The summed E-state index contributed by atoms with van der Waals surface area (Å²) in [7, 11) is 0.